The third-order valence-electron chi connectivity index (χ3n) is 3.47. The Balaban J connectivity index is 2.45. The standard InChI is InChI=1S/C13H26N2O2S/c1-4-15(5-2)9-8-14-13(7-10-18-11-13)12(16)17-6-3/h14H,4-11H2,1-3H3. The number of esters is 1. The van der Waals surface area contributed by atoms with Gasteiger partial charge in [0.15, 0.2) is 0 Å². The van der Waals surface area contributed by atoms with Crippen molar-refractivity contribution < 1.29 is 9.53 Å². The van der Waals surface area contributed by atoms with Gasteiger partial charge in [-0.2, -0.15) is 11.8 Å². The molecule has 1 atom stereocenters. The van der Waals surface area contributed by atoms with Crippen LogP contribution in [0.3, 0.4) is 0 Å². The summed E-state index contributed by atoms with van der Waals surface area (Å²) in [6.45, 7) is 10.6. The molecule has 0 radical (unpaired) electrons. The van der Waals surface area contributed by atoms with Crippen molar-refractivity contribution in [3.8, 4) is 0 Å². The molecule has 1 aliphatic heterocycles. The van der Waals surface area contributed by atoms with Crippen molar-refractivity contribution in [1.29, 1.82) is 0 Å². The van der Waals surface area contributed by atoms with Gasteiger partial charge in [-0.1, -0.05) is 13.8 Å². The molecule has 0 saturated carbocycles. The van der Waals surface area contributed by atoms with Crippen molar-refractivity contribution in [2.45, 2.75) is 32.7 Å². The van der Waals surface area contributed by atoms with Gasteiger partial charge in [-0.15, -0.1) is 0 Å². The fraction of sp³-hybridized carbons (Fsp3) is 0.923. The molecule has 0 aliphatic carbocycles. The zero-order valence-corrected chi connectivity index (χ0v) is 12.6. The Hall–Kier alpha value is -0.260. The van der Waals surface area contributed by atoms with Gasteiger partial charge in [-0.25, -0.2) is 0 Å². The van der Waals surface area contributed by atoms with Crippen molar-refractivity contribution >= 4 is 17.7 Å². The number of carbonyl (C=O) groups is 1. The molecule has 0 aromatic rings. The number of hydrogen-bond acceptors (Lipinski definition) is 5. The highest BCUT2D eigenvalue weighted by Gasteiger charge is 2.42. The zero-order chi connectivity index (χ0) is 13.4. The Labute approximate surface area is 115 Å². The molecule has 5 heteroatoms. The molecule has 1 heterocycles. The Bertz CT molecular complexity index is 251. The molecule has 1 saturated heterocycles. The van der Waals surface area contributed by atoms with Crippen LogP contribution < -0.4 is 5.32 Å². The van der Waals surface area contributed by atoms with E-state index in [1.54, 1.807) is 0 Å². The number of ether oxygens (including phenoxy) is 1. The normalized spacial score (nSPS) is 23.6. The van der Waals surface area contributed by atoms with Crippen LogP contribution in [0.15, 0.2) is 0 Å². The predicted molar refractivity (Wildman–Crippen MR) is 77.1 cm³/mol. The van der Waals surface area contributed by atoms with Crippen molar-refractivity contribution in [3.05, 3.63) is 0 Å². The van der Waals surface area contributed by atoms with E-state index in [1.807, 2.05) is 18.7 Å². The zero-order valence-electron chi connectivity index (χ0n) is 11.8. The Morgan fingerprint density at radius 2 is 2.11 bits per heavy atom. The lowest BCUT2D eigenvalue weighted by Gasteiger charge is -2.28. The minimum absolute atomic E-state index is 0.0745. The van der Waals surface area contributed by atoms with Gasteiger partial charge in [-0.05, 0) is 32.2 Å². The number of carbonyl (C=O) groups excluding carboxylic acids is 1. The number of nitrogens with one attached hydrogen (secondary N) is 1. The van der Waals surface area contributed by atoms with Crippen molar-refractivity contribution in [1.82, 2.24) is 10.2 Å². The second kappa shape index (κ2) is 8.02. The molecule has 106 valence electrons. The molecular formula is C13H26N2O2S. The first-order valence-corrected chi connectivity index (χ1v) is 8.06. The maximum absolute atomic E-state index is 12.1. The van der Waals surface area contributed by atoms with E-state index < -0.39 is 5.54 Å². The molecule has 0 spiro atoms. The second-order valence-electron chi connectivity index (χ2n) is 4.56. The molecule has 1 fully saturated rings. The minimum Gasteiger partial charge on any atom is -0.465 e. The van der Waals surface area contributed by atoms with E-state index in [2.05, 4.69) is 24.1 Å². The fourth-order valence-corrected chi connectivity index (χ4v) is 3.55. The molecule has 4 nitrogen and oxygen atoms in total. The third kappa shape index (κ3) is 4.14. The Kier molecular flexibility index (Phi) is 7.04. The molecular weight excluding hydrogens is 248 g/mol. The first-order valence-electron chi connectivity index (χ1n) is 6.90. The van der Waals surface area contributed by atoms with Crippen molar-refractivity contribution in [2.24, 2.45) is 0 Å². The highest BCUT2D eigenvalue weighted by molar-refractivity contribution is 7.99. The van der Waals surface area contributed by atoms with E-state index in [0.29, 0.717) is 6.61 Å². The highest BCUT2D eigenvalue weighted by Crippen LogP contribution is 2.29. The molecule has 1 unspecified atom stereocenters. The van der Waals surface area contributed by atoms with Crippen LogP contribution in [-0.4, -0.2) is 60.7 Å². The van der Waals surface area contributed by atoms with Crippen LogP contribution >= 0.6 is 11.8 Å². The van der Waals surface area contributed by atoms with Gasteiger partial charge in [-0.3, -0.25) is 10.1 Å². The van der Waals surface area contributed by atoms with Crippen molar-refractivity contribution in [3.63, 3.8) is 0 Å². The molecule has 1 N–H and O–H groups in total. The SMILES string of the molecule is CCOC(=O)C1(NCCN(CC)CC)CCSC1. The van der Waals surface area contributed by atoms with E-state index in [9.17, 15) is 4.79 Å². The molecule has 0 aromatic carbocycles. The predicted octanol–water partition coefficient (Wildman–Crippen LogP) is 1.36. The lowest BCUT2D eigenvalue weighted by molar-refractivity contribution is -0.150. The molecule has 0 aromatic heterocycles. The van der Waals surface area contributed by atoms with Gasteiger partial charge in [0.05, 0.1) is 6.61 Å². The maximum Gasteiger partial charge on any atom is 0.327 e. The lowest BCUT2D eigenvalue weighted by Crippen LogP contribution is -2.55. The number of rotatable bonds is 8. The Morgan fingerprint density at radius 1 is 1.39 bits per heavy atom. The van der Waals surface area contributed by atoms with Crippen LogP contribution in [0.25, 0.3) is 0 Å². The summed E-state index contributed by atoms with van der Waals surface area (Å²) in [5, 5.41) is 3.44. The first kappa shape index (κ1) is 15.8. The molecule has 1 rings (SSSR count). The Morgan fingerprint density at radius 3 is 2.61 bits per heavy atom. The third-order valence-corrected chi connectivity index (χ3v) is 4.66. The van der Waals surface area contributed by atoms with Gasteiger partial charge in [0.2, 0.25) is 0 Å². The van der Waals surface area contributed by atoms with E-state index in [4.69, 9.17) is 4.74 Å². The largest absolute Gasteiger partial charge is 0.465 e. The summed E-state index contributed by atoms with van der Waals surface area (Å²) in [7, 11) is 0. The monoisotopic (exact) mass is 274 g/mol. The van der Waals surface area contributed by atoms with Crippen LogP contribution in [0.1, 0.15) is 27.2 Å². The van der Waals surface area contributed by atoms with E-state index in [0.717, 1.165) is 44.1 Å². The average molecular weight is 274 g/mol. The van der Waals surface area contributed by atoms with E-state index in [1.165, 1.54) is 0 Å². The first-order chi connectivity index (χ1) is 8.68. The fourth-order valence-electron chi connectivity index (χ4n) is 2.20. The number of nitrogens with zero attached hydrogens (tertiary/aromatic N) is 1. The van der Waals surface area contributed by atoms with Crippen LogP contribution in [0.5, 0.6) is 0 Å². The van der Waals surface area contributed by atoms with Gasteiger partial charge in [0.1, 0.15) is 5.54 Å². The lowest BCUT2D eigenvalue weighted by atomic mass is 9.99. The number of likely N-dealkylation sites (N-methyl/N-ethyl adjacent to an activating group) is 1. The topological polar surface area (TPSA) is 41.6 Å². The van der Waals surface area contributed by atoms with Crippen LogP contribution in [0.4, 0.5) is 0 Å². The smallest absolute Gasteiger partial charge is 0.327 e. The minimum atomic E-state index is -0.437. The second-order valence-corrected chi connectivity index (χ2v) is 5.66. The summed E-state index contributed by atoms with van der Waals surface area (Å²) in [4.78, 5) is 14.4. The number of hydrogen-bond donors (Lipinski definition) is 1. The summed E-state index contributed by atoms with van der Waals surface area (Å²) in [5.41, 5.74) is -0.437. The number of thioether (sulfide) groups is 1. The average Bonchev–Trinajstić information content (AvgIpc) is 2.85. The summed E-state index contributed by atoms with van der Waals surface area (Å²) in [5.74, 6) is 1.80. The molecule has 1 aliphatic rings. The van der Waals surface area contributed by atoms with Crippen molar-refractivity contribution in [2.75, 3.05) is 44.3 Å². The quantitative estimate of drug-likeness (QED) is 0.677. The summed E-state index contributed by atoms with van der Waals surface area (Å²) < 4.78 is 5.21. The van der Waals surface area contributed by atoms with Crippen LogP contribution in [0, 0.1) is 0 Å². The summed E-state index contributed by atoms with van der Waals surface area (Å²) in [6.07, 6.45) is 0.884. The van der Waals surface area contributed by atoms with E-state index in [-0.39, 0.29) is 5.97 Å². The highest BCUT2D eigenvalue weighted by atomic mass is 32.2. The maximum atomic E-state index is 12.1. The van der Waals surface area contributed by atoms with Crippen LogP contribution in [0.2, 0.25) is 0 Å². The van der Waals surface area contributed by atoms with Crippen LogP contribution in [-0.2, 0) is 9.53 Å². The molecule has 0 amide bonds. The van der Waals surface area contributed by atoms with Gasteiger partial charge in [0.25, 0.3) is 0 Å². The van der Waals surface area contributed by atoms with E-state index >= 15 is 0 Å². The molecule has 18 heavy (non-hydrogen) atoms. The summed E-state index contributed by atoms with van der Waals surface area (Å²) in [6, 6.07) is 0. The van der Waals surface area contributed by atoms with Gasteiger partial charge < -0.3 is 9.64 Å². The van der Waals surface area contributed by atoms with Gasteiger partial charge in [0, 0.05) is 18.8 Å². The van der Waals surface area contributed by atoms with Gasteiger partial charge >= 0.3 is 5.97 Å². The summed E-state index contributed by atoms with van der Waals surface area (Å²) >= 11 is 1.83. The molecule has 0 bridgehead atoms.